The maximum atomic E-state index is 12.0. The van der Waals surface area contributed by atoms with Gasteiger partial charge in [0.05, 0.1) is 11.6 Å². The van der Waals surface area contributed by atoms with Gasteiger partial charge in [-0.05, 0) is 36.6 Å². The molecule has 0 unspecified atom stereocenters. The van der Waals surface area contributed by atoms with Gasteiger partial charge in [-0.3, -0.25) is 9.59 Å². The average molecular weight is 339 g/mol. The first-order valence-corrected chi connectivity index (χ1v) is 8.14. The molecule has 0 aliphatic carbocycles. The Kier molecular flexibility index (Phi) is 6.46. The number of nitrogens with one attached hydrogen (secondary N) is 1. The molecule has 0 aliphatic rings. The van der Waals surface area contributed by atoms with Crippen LogP contribution in [0.4, 0.5) is 0 Å². The lowest BCUT2D eigenvalue weighted by atomic mass is 10.1. The first kappa shape index (κ1) is 18.4. The maximum absolute atomic E-state index is 12.0. The molecule has 0 radical (unpaired) electrons. The Balaban J connectivity index is 1.84. The lowest BCUT2D eigenvalue weighted by Crippen LogP contribution is -2.31. The van der Waals surface area contributed by atoms with Crippen LogP contribution in [0.5, 0.6) is 0 Å². The molecule has 0 bridgehead atoms. The number of aryl methyl sites for hydroxylation is 1. The fraction of sp³-hybridized carbons (Fsp3) is 0.250. The molecule has 130 valence electrons. The van der Waals surface area contributed by atoms with E-state index in [1.54, 1.807) is 0 Å². The SMILES string of the molecule is CCc1ccc([C@@H](C)NC(=O)COC(=O)c2ccc(C=O)cc2)cc1. The largest absolute Gasteiger partial charge is 0.452 e. The van der Waals surface area contributed by atoms with Crippen LogP contribution in [0.25, 0.3) is 0 Å². The van der Waals surface area contributed by atoms with Crippen molar-refractivity contribution in [2.75, 3.05) is 6.61 Å². The van der Waals surface area contributed by atoms with Gasteiger partial charge in [-0.1, -0.05) is 43.3 Å². The summed E-state index contributed by atoms with van der Waals surface area (Å²) in [7, 11) is 0. The quantitative estimate of drug-likeness (QED) is 0.621. The van der Waals surface area contributed by atoms with E-state index in [1.165, 1.54) is 29.8 Å². The number of hydrogen-bond acceptors (Lipinski definition) is 4. The number of carbonyl (C=O) groups is 3. The number of benzene rings is 2. The number of hydrogen-bond donors (Lipinski definition) is 1. The van der Waals surface area contributed by atoms with Gasteiger partial charge in [0.25, 0.3) is 5.91 Å². The minimum Gasteiger partial charge on any atom is -0.452 e. The molecular formula is C20H21NO4. The van der Waals surface area contributed by atoms with Gasteiger partial charge >= 0.3 is 5.97 Å². The number of amides is 1. The van der Waals surface area contributed by atoms with Crippen LogP contribution in [0, 0.1) is 0 Å². The summed E-state index contributed by atoms with van der Waals surface area (Å²) >= 11 is 0. The molecule has 25 heavy (non-hydrogen) atoms. The number of aldehydes is 1. The highest BCUT2D eigenvalue weighted by Gasteiger charge is 2.13. The van der Waals surface area contributed by atoms with E-state index in [2.05, 4.69) is 12.2 Å². The van der Waals surface area contributed by atoms with Crippen molar-refractivity contribution in [2.45, 2.75) is 26.3 Å². The van der Waals surface area contributed by atoms with Gasteiger partial charge < -0.3 is 10.1 Å². The van der Waals surface area contributed by atoms with Crippen molar-refractivity contribution in [3.8, 4) is 0 Å². The molecule has 0 aromatic heterocycles. The summed E-state index contributed by atoms with van der Waals surface area (Å²) in [6.07, 6.45) is 1.65. The Labute approximate surface area is 147 Å². The van der Waals surface area contributed by atoms with Crippen LogP contribution in [-0.2, 0) is 16.0 Å². The first-order valence-electron chi connectivity index (χ1n) is 8.14. The molecule has 0 heterocycles. The smallest absolute Gasteiger partial charge is 0.338 e. The molecule has 5 nitrogen and oxygen atoms in total. The Hall–Kier alpha value is -2.95. The first-order chi connectivity index (χ1) is 12.0. The summed E-state index contributed by atoms with van der Waals surface area (Å²) in [4.78, 5) is 34.4. The topological polar surface area (TPSA) is 72.5 Å². The molecule has 0 spiro atoms. The third-order valence-corrected chi connectivity index (χ3v) is 3.88. The number of carbonyl (C=O) groups excluding carboxylic acids is 3. The van der Waals surface area contributed by atoms with Crippen molar-refractivity contribution >= 4 is 18.2 Å². The highest BCUT2D eigenvalue weighted by atomic mass is 16.5. The molecule has 1 atom stereocenters. The zero-order chi connectivity index (χ0) is 18.2. The zero-order valence-corrected chi connectivity index (χ0v) is 14.3. The second-order valence-corrected chi connectivity index (χ2v) is 5.70. The van der Waals surface area contributed by atoms with Crippen molar-refractivity contribution in [1.29, 1.82) is 0 Å². The van der Waals surface area contributed by atoms with E-state index in [9.17, 15) is 14.4 Å². The third kappa shape index (κ3) is 5.28. The lowest BCUT2D eigenvalue weighted by molar-refractivity contribution is -0.124. The Morgan fingerprint density at radius 2 is 1.72 bits per heavy atom. The standard InChI is InChI=1S/C20H21NO4/c1-3-15-4-8-17(9-5-15)14(2)21-19(23)13-25-20(24)18-10-6-16(12-22)7-11-18/h4-12,14H,3,13H2,1-2H3,(H,21,23)/t14-/m1/s1. The van der Waals surface area contributed by atoms with Gasteiger partial charge in [0.1, 0.15) is 6.29 Å². The van der Waals surface area contributed by atoms with Crippen LogP contribution in [0.15, 0.2) is 48.5 Å². The predicted molar refractivity (Wildman–Crippen MR) is 94.5 cm³/mol. The second kappa shape index (κ2) is 8.78. The van der Waals surface area contributed by atoms with Crippen LogP contribution in [0.3, 0.4) is 0 Å². The minimum absolute atomic E-state index is 0.177. The average Bonchev–Trinajstić information content (AvgIpc) is 2.66. The molecule has 1 amide bonds. The van der Waals surface area contributed by atoms with E-state index in [-0.39, 0.29) is 18.6 Å². The minimum atomic E-state index is -0.604. The van der Waals surface area contributed by atoms with Crippen LogP contribution >= 0.6 is 0 Å². The zero-order valence-electron chi connectivity index (χ0n) is 14.3. The van der Waals surface area contributed by atoms with Crippen molar-refractivity contribution < 1.29 is 19.1 Å². The van der Waals surface area contributed by atoms with Gasteiger partial charge in [-0.2, -0.15) is 0 Å². The summed E-state index contributed by atoms with van der Waals surface area (Å²) < 4.78 is 5.00. The Morgan fingerprint density at radius 1 is 1.08 bits per heavy atom. The van der Waals surface area contributed by atoms with Crippen molar-refractivity contribution in [2.24, 2.45) is 0 Å². The Bertz CT molecular complexity index is 735. The number of esters is 1. The van der Waals surface area contributed by atoms with Crippen molar-refractivity contribution in [3.63, 3.8) is 0 Å². The molecule has 1 N–H and O–H groups in total. The van der Waals surface area contributed by atoms with E-state index in [4.69, 9.17) is 4.74 Å². The van der Waals surface area contributed by atoms with Gasteiger partial charge in [0.2, 0.25) is 0 Å². The normalized spacial score (nSPS) is 11.4. The summed E-state index contributed by atoms with van der Waals surface area (Å²) in [6, 6.07) is 13.8. The van der Waals surface area contributed by atoms with Gasteiger partial charge in [-0.15, -0.1) is 0 Å². The molecule has 0 fully saturated rings. The van der Waals surface area contributed by atoms with Crippen LogP contribution < -0.4 is 5.32 Å². The van der Waals surface area contributed by atoms with E-state index in [1.807, 2.05) is 31.2 Å². The maximum Gasteiger partial charge on any atom is 0.338 e. The number of rotatable bonds is 7. The molecular weight excluding hydrogens is 318 g/mol. The monoisotopic (exact) mass is 339 g/mol. The molecule has 2 aromatic carbocycles. The molecule has 5 heteroatoms. The van der Waals surface area contributed by atoms with Crippen LogP contribution in [-0.4, -0.2) is 24.8 Å². The summed E-state index contributed by atoms with van der Waals surface area (Å²) in [5.74, 6) is -0.975. The Morgan fingerprint density at radius 3 is 2.28 bits per heavy atom. The lowest BCUT2D eigenvalue weighted by Gasteiger charge is -2.15. The highest BCUT2D eigenvalue weighted by molar-refractivity contribution is 5.92. The predicted octanol–water partition coefficient (Wildman–Crippen LogP) is 3.10. The van der Waals surface area contributed by atoms with Gasteiger partial charge in [0.15, 0.2) is 6.61 Å². The fourth-order valence-corrected chi connectivity index (χ4v) is 2.32. The van der Waals surface area contributed by atoms with E-state index >= 15 is 0 Å². The van der Waals surface area contributed by atoms with Gasteiger partial charge in [-0.25, -0.2) is 4.79 Å². The van der Waals surface area contributed by atoms with E-state index in [0.29, 0.717) is 17.4 Å². The van der Waals surface area contributed by atoms with Gasteiger partial charge in [0, 0.05) is 5.56 Å². The molecule has 2 rings (SSSR count). The highest BCUT2D eigenvalue weighted by Crippen LogP contribution is 2.13. The summed E-state index contributed by atoms with van der Waals surface area (Å²) in [5, 5.41) is 2.80. The van der Waals surface area contributed by atoms with Crippen LogP contribution in [0.1, 0.15) is 51.7 Å². The summed E-state index contributed by atoms with van der Waals surface area (Å²) in [5.41, 5.74) is 2.98. The third-order valence-electron chi connectivity index (χ3n) is 3.88. The summed E-state index contributed by atoms with van der Waals surface area (Å²) in [6.45, 7) is 3.60. The van der Waals surface area contributed by atoms with Crippen LogP contribution in [0.2, 0.25) is 0 Å². The van der Waals surface area contributed by atoms with Crippen molar-refractivity contribution in [1.82, 2.24) is 5.32 Å². The molecule has 2 aromatic rings. The van der Waals surface area contributed by atoms with Crippen molar-refractivity contribution in [3.05, 3.63) is 70.8 Å². The molecule has 0 saturated carbocycles. The number of ether oxygens (including phenoxy) is 1. The molecule has 0 aliphatic heterocycles. The van der Waals surface area contributed by atoms with E-state index < -0.39 is 5.97 Å². The van der Waals surface area contributed by atoms with E-state index in [0.717, 1.165) is 12.0 Å². The fourth-order valence-electron chi connectivity index (χ4n) is 2.32. The molecule has 0 saturated heterocycles. The second-order valence-electron chi connectivity index (χ2n) is 5.70.